The number of aliphatic hydroxyl groups is 4. The molecule has 0 fully saturated rings. The van der Waals surface area contributed by atoms with Crippen LogP contribution >= 0.6 is 0 Å². The summed E-state index contributed by atoms with van der Waals surface area (Å²) in [4.78, 5) is 11.8. The topological polar surface area (TPSA) is 183 Å². The van der Waals surface area contributed by atoms with Crippen molar-refractivity contribution in [1.82, 2.24) is 5.32 Å². The van der Waals surface area contributed by atoms with Gasteiger partial charge in [0.1, 0.15) is 18.3 Å². The van der Waals surface area contributed by atoms with E-state index in [4.69, 9.17) is 9.29 Å². The zero-order valence-corrected chi connectivity index (χ0v) is 20.4. The van der Waals surface area contributed by atoms with Crippen LogP contribution in [0.1, 0.15) is 77.6 Å². The highest BCUT2D eigenvalue weighted by Gasteiger charge is 2.34. The van der Waals surface area contributed by atoms with Crippen molar-refractivity contribution in [2.45, 2.75) is 102 Å². The van der Waals surface area contributed by atoms with Gasteiger partial charge in [0, 0.05) is 19.8 Å². The Morgan fingerprint density at radius 3 is 1.88 bits per heavy atom. The van der Waals surface area contributed by atoms with E-state index in [1.54, 1.807) is 0 Å². The van der Waals surface area contributed by atoms with Gasteiger partial charge in [-0.15, -0.1) is 0 Å². The van der Waals surface area contributed by atoms with E-state index in [1.807, 2.05) is 0 Å². The van der Waals surface area contributed by atoms with Gasteiger partial charge < -0.3 is 30.5 Å². The first kappa shape index (κ1) is 32.1. The lowest BCUT2D eigenvalue weighted by molar-refractivity contribution is -0.148. The summed E-state index contributed by atoms with van der Waals surface area (Å²) < 4.78 is 38.7. The summed E-state index contributed by atoms with van der Waals surface area (Å²) in [6.07, 6.45) is 4.71. The van der Waals surface area contributed by atoms with Crippen LogP contribution in [0.2, 0.25) is 0 Å². The van der Waals surface area contributed by atoms with Crippen LogP contribution in [0.4, 0.5) is 0 Å². The number of aliphatic hydroxyl groups excluding tert-OH is 4. The third-order valence-corrected chi connectivity index (χ3v) is 5.56. The summed E-state index contributed by atoms with van der Waals surface area (Å²) in [6, 6.07) is 0. The fourth-order valence-electron chi connectivity index (χ4n) is 3.11. The summed E-state index contributed by atoms with van der Waals surface area (Å²) in [6.45, 7) is 2.38. The zero-order valence-electron chi connectivity index (χ0n) is 19.6. The van der Waals surface area contributed by atoms with Crippen molar-refractivity contribution in [3.8, 4) is 0 Å². The normalized spacial score (nSPS) is 15.7. The molecule has 0 aliphatic rings. The first-order chi connectivity index (χ1) is 15.6. The molecule has 33 heavy (non-hydrogen) atoms. The number of ether oxygens (including phenoxy) is 1. The molecular weight excluding hydrogens is 458 g/mol. The van der Waals surface area contributed by atoms with Crippen LogP contribution in [0.15, 0.2) is 0 Å². The second kappa shape index (κ2) is 19.4. The first-order valence-electron chi connectivity index (χ1n) is 11.8. The molecule has 0 radical (unpaired) electrons. The van der Waals surface area contributed by atoms with Gasteiger partial charge in [0.2, 0.25) is 0 Å². The number of hydrogen-bond acceptors (Lipinski definition) is 9. The number of carbonyl (C=O) groups excluding carboxylic acids is 1. The van der Waals surface area contributed by atoms with E-state index >= 15 is 0 Å². The molecule has 0 spiro atoms. The predicted molar refractivity (Wildman–Crippen MR) is 122 cm³/mol. The lowest BCUT2D eigenvalue weighted by Gasteiger charge is -2.25. The third-order valence-electron chi connectivity index (χ3n) is 5.13. The Hall–Kier alpha value is -0.860. The molecule has 0 saturated heterocycles. The molecule has 0 aromatic carbocycles. The van der Waals surface area contributed by atoms with Crippen LogP contribution in [0, 0.1) is 0 Å². The SMILES string of the molecule is CCCCCCCCCCCCOCCCNC(=O)[C@H](O)[C@@H](O)[C@H](O)[C@H](O)COS(=O)(=O)O. The van der Waals surface area contributed by atoms with Crippen molar-refractivity contribution >= 4 is 16.3 Å². The Morgan fingerprint density at radius 2 is 1.33 bits per heavy atom. The molecule has 0 aliphatic carbocycles. The van der Waals surface area contributed by atoms with Gasteiger partial charge >= 0.3 is 10.4 Å². The Kier molecular flexibility index (Phi) is 18.9. The van der Waals surface area contributed by atoms with Crippen molar-refractivity contribution < 1.29 is 47.1 Å². The van der Waals surface area contributed by atoms with Gasteiger partial charge in [-0.05, 0) is 12.8 Å². The van der Waals surface area contributed by atoms with Gasteiger partial charge in [-0.2, -0.15) is 8.42 Å². The molecule has 0 bridgehead atoms. The molecule has 0 aliphatic heterocycles. The van der Waals surface area contributed by atoms with Gasteiger partial charge in [0.15, 0.2) is 6.10 Å². The number of amides is 1. The van der Waals surface area contributed by atoms with Gasteiger partial charge in [0.05, 0.1) is 6.61 Å². The molecule has 0 heterocycles. The molecule has 1 amide bonds. The largest absolute Gasteiger partial charge is 0.397 e. The molecular formula is C21H43NO10S. The van der Waals surface area contributed by atoms with E-state index in [9.17, 15) is 33.6 Å². The van der Waals surface area contributed by atoms with E-state index in [0.717, 1.165) is 12.8 Å². The minimum Gasteiger partial charge on any atom is -0.388 e. The minimum atomic E-state index is -4.85. The Bertz CT molecular complexity index is 590. The van der Waals surface area contributed by atoms with Crippen molar-refractivity contribution in [2.75, 3.05) is 26.4 Å². The fourth-order valence-corrected chi connectivity index (χ4v) is 3.42. The molecule has 0 rings (SSSR count). The second-order valence-electron chi connectivity index (χ2n) is 8.14. The Morgan fingerprint density at radius 1 is 0.818 bits per heavy atom. The number of hydrogen-bond donors (Lipinski definition) is 6. The van der Waals surface area contributed by atoms with Crippen LogP contribution in [0.5, 0.6) is 0 Å². The first-order valence-corrected chi connectivity index (χ1v) is 13.2. The molecule has 6 N–H and O–H groups in total. The van der Waals surface area contributed by atoms with Crippen LogP contribution in [0.3, 0.4) is 0 Å². The van der Waals surface area contributed by atoms with Crippen LogP contribution in [0.25, 0.3) is 0 Å². The maximum absolute atomic E-state index is 11.8. The maximum atomic E-state index is 11.8. The summed E-state index contributed by atoms with van der Waals surface area (Å²) >= 11 is 0. The summed E-state index contributed by atoms with van der Waals surface area (Å²) in [5.41, 5.74) is 0. The Balaban J connectivity index is 3.73. The van der Waals surface area contributed by atoms with Crippen molar-refractivity contribution in [2.24, 2.45) is 0 Å². The third kappa shape index (κ3) is 18.2. The molecule has 0 unspecified atom stereocenters. The molecule has 12 heteroatoms. The lowest BCUT2D eigenvalue weighted by atomic mass is 10.0. The standard InChI is InChI=1S/C21H43NO10S/c1-2-3-4-5-6-7-8-9-10-11-14-31-15-12-13-22-21(27)20(26)19(25)18(24)17(23)16-32-33(28,29)30/h17-20,23-26H,2-16H2,1H3,(H,22,27)(H,28,29,30)/t17-,18-,19+,20-/m1/s1. The number of rotatable bonds is 22. The van der Waals surface area contributed by atoms with Crippen LogP contribution in [-0.4, -0.2) is 90.1 Å². The quantitative estimate of drug-likeness (QED) is 0.0911. The molecule has 0 aromatic rings. The predicted octanol–water partition coefficient (Wildman–Crippen LogP) is 0.693. The summed E-state index contributed by atoms with van der Waals surface area (Å²) in [5, 5.41) is 41.1. The molecule has 0 saturated carbocycles. The summed E-state index contributed by atoms with van der Waals surface area (Å²) in [7, 11) is -4.85. The molecule has 11 nitrogen and oxygen atoms in total. The van der Waals surface area contributed by atoms with Crippen LogP contribution < -0.4 is 5.32 Å². The van der Waals surface area contributed by atoms with Gasteiger partial charge in [-0.3, -0.25) is 9.35 Å². The highest BCUT2D eigenvalue weighted by Crippen LogP contribution is 2.10. The number of carbonyl (C=O) groups is 1. The fraction of sp³-hybridized carbons (Fsp3) is 0.952. The van der Waals surface area contributed by atoms with E-state index in [1.165, 1.54) is 51.4 Å². The average molecular weight is 502 g/mol. The van der Waals surface area contributed by atoms with Gasteiger partial charge in [-0.1, -0.05) is 64.7 Å². The van der Waals surface area contributed by atoms with E-state index in [0.29, 0.717) is 19.6 Å². The maximum Gasteiger partial charge on any atom is 0.397 e. The highest BCUT2D eigenvalue weighted by molar-refractivity contribution is 7.80. The second-order valence-corrected chi connectivity index (χ2v) is 9.24. The molecule has 198 valence electrons. The zero-order chi connectivity index (χ0) is 25.1. The molecule has 0 aromatic heterocycles. The highest BCUT2D eigenvalue weighted by atomic mass is 32.3. The van der Waals surface area contributed by atoms with Gasteiger partial charge in [0.25, 0.3) is 5.91 Å². The van der Waals surface area contributed by atoms with E-state index in [-0.39, 0.29) is 6.54 Å². The van der Waals surface area contributed by atoms with Crippen molar-refractivity contribution in [1.29, 1.82) is 0 Å². The number of unbranched alkanes of at least 4 members (excludes halogenated alkanes) is 9. The van der Waals surface area contributed by atoms with E-state index in [2.05, 4.69) is 16.4 Å². The van der Waals surface area contributed by atoms with Crippen molar-refractivity contribution in [3.05, 3.63) is 0 Å². The Labute approximate surface area is 197 Å². The van der Waals surface area contributed by atoms with Crippen molar-refractivity contribution in [3.63, 3.8) is 0 Å². The summed E-state index contributed by atoms with van der Waals surface area (Å²) in [5.74, 6) is -0.973. The van der Waals surface area contributed by atoms with Gasteiger partial charge in [-0.25, -0.2) is 4.18 Å². The molecule has 4 atom stereocenters. The monoisotopic (exact) mass is 501 g/mol. The lowest BCUT2D eigenvalue weighted by Crippen LogP contribution is -2.52. The van der Waals surface area contributed by atoms with E-state index < -0.39 is 47.3 Å². The van der Waals surface area contributed by atoms with Crippen LogP contribution in [-0.2, 0) is 24.1 Å². The minimum absolute atomic E-state index is 0.172. The number of nitrogens with one attached hydrogen (secondary N) is 1. The average Bonchev–Trinajstić information content (AvgIpc) is 2.77. The smallest absolute Gasteiger partial charge is 0.388 e.